The molecule has 3 unspecified atom stereocenters. The number of aromatic nitrogens is 2. The molecule has 4 aliphatic carbocycles. The normalized spacial score (nSPS) is 34.1. The van der Waals surface area contributed by atoms with E-state index in [2.05, 4.69) is 42.8 Å². The lowest BCUT2D eigenvalue weighted by Crippen LogP contribution is -2.45. The molecule has 0 spiro atoms. The molecule has 0 radical (unpaired) electrons. The second kappa shape index (κ2) is 8.29. The lowest BCUT2D eigenvalue weighted by Gasteiger charge is -2.52. The van der Waals surface area contributed by atoms with E-state index in [1.807, 2.05) is 29.2 Å². The lowest BCUT2D eigenvalue weighted by molar-refractivity contribution is -0.126. The van der Waals surface area contributed by atoms with Gasteiger partial charge in [0.05, 0.1) is 6.33 Å². The maximum atomic E-state index is 13.0. The van der Waals surface area contributed by atoms with Gasteiger partial charge in [0.25, 0.3) is 0 Å². The van der Waals surface area contributed by atoms with Gasteiger partial charge in [0.15, 0.2) is 5.78 Å². The highest BCUT2D eigenvalue weighted by atomic mass is 16.1. The molecule has 0 bridgehead atoms. The molecule has 4 aliphatic rings. The summed E-state index contributed by atoms with van der Waals surface area (Å²) in [4.78, 5) is 29.4. The first kappa shape index (κ1) is 22.5. The fourth-order valence-corrected chi connectivity index (χ4v) is 8.35. The highest BCUT2D eigenvalue weighted by molar-refractivity contribution is 5.93. The van der Waals surface area contributed by atoms with E-state index in [4.69, 9.17) is 0 Å². The van der Waals surface area contributed by atoms with Gasteiger partial charge in [-0.15, -0.1) is 6.58 Å². The topological polar surface area (TPSA) is 52.0 Å². The Kier molecular flexibility index (Phi) is 5.32. The first-order chi connectivity index (χ1) is 16.9. The van der Waals surface area contributed by atoms with Crippen LogP contribution in [-0.4, -0.2) is 21.1 Å². The molecular formula is C31H34N2O2. The van der Waals surface area contributed by atoms with E-state index >= 15 is 0 Å². The van der Waals surface area contributed by atoms with Crippen molar-refractivity contribution in [3.05, 3.63) is 84.0 Å². The van der Waals surface area contributed by atoms with Gasteiger partial charge >= 0.3 is 0 Å². The second-order valence-corrected chi connectivity index (χ2v) is 11.4. The molecule has 6 atom stereocenters. The van der Waals surface area contributed by atoms with Crippen LogP contribution in [0.4, 0.5) is 0 Å². The summed E-state index contributed by atoms with van der Waals surface area (Å²) in [6, 6.07) is 8.89. The van der Waals surface area contributed by atoms with Gasteiger partial charge in [-0.3, -0.25) is 9.59 Å². The number of Topliss-reactive ketones (excluding diaryl/α,β-unsaturated/α-hetero) is 1. The Morgan fingerprint density at radius 2 is 2.00 bits per heavy atom. The molecule has 2 fully saturated rings. The number of carbonyl (C=O) groups is 2. The number of benzene rings is 1. The predicted octanol–water partition coefficient (Wildman–Crippen LogP) is 6.39. The minimum Gasteiger partial charge on any atom is -0.306 e. The summed E-state index contributed by atoms with van der Waals surface area (Å²) < 4.78 is 2.03. The van der Waals surface area contributed by atoms with Crippen LogP contribution in [0.3, 0.4) is 0 Å². The van der Waals surface area contributed by atoms with Crippen molar-refractivity contribution in [2.24, 2.45) is 29.1 Å². The number of ketones is 2. The summed E-state index contributed by atoms with van der Waals surface area (Å²) in [5.41, 5.74) is 6.68. The van der Waals surface area contributed by atoms with Gasteiger partial charge < -0.3 is 4.57 Å². The second-order valence-electron chi connectivity index (χ2n) is 11.4. The Hall–Kier alpha value is -3.01. The van der Waals surface area contributed by atoms with Crippen LogP contribution < -0.4 is 0 Å². The molecule has 1 aromatic carbocycles. The maximum Gasteiger partial charge on any atom is 0.156 e. The molecule has 4 nitrogen and oxygen atoms in total. The van der Waals surface area contributed by atoms with E-state index < -0.39 is 0 Å². The zero-order valence-electron chi connectivity index (χ0n) is 20.7. The number of imidazole rings is 1. The van der Waals surface area contributed by atoms with Gasteiger partial charge in [0.1, 0.15) is 5.78 Å². The van der Waals surface area contributed by atoms with Crippen LogP contribution in [0.2, 0.25) is 0 Å². The molecule has 6 rings (SSSR count). The molecule has 0 saturated heterocycles. The number of fused-ring (bicyclic) bond motifs is 4. The van der Waals surface area contributed by atoms with E-state index in [0.29, 0.717) is 24.0 Å². The fourth-order valence-electron chi connectivity index (χ4n) is 8.35. The van der Waals surface area contributed by atoms with Gasteiger partial charge in [-0.25, -0.2) is 4.98 Å². The lowest BCUT2D eigenvalue weighted by atomic mass is 9.51. The van der Waals surface area contributed by atoms with Gasteiger partial charge in [-0.1, -0.05) is 30.7 Å². The van der Waals surface area contributed by atoms with Crippen molar-refractivity contribution >= 4 is 11.6 Å². The van der Waals surface area contributed by atoms with Crippen molar-refractivity contribution in [3.63, 3.8) is 0 Å². The van der Waals surface area contributed by atoms with Crippen LogP contribution in [0, 0.1) is 29.1 Å². The maximum absolute atomic E-state index is 13.0. The predicted molar refractivity (Wildman–Crippen MR) is 137 cm³/mol. The first-order valence-corrected chi connectivity index (χ1v) is 13.1. The molecule has 4 heteroatoms. The first-order valence-electron chi connectivity index (χ1n) is 13.1. The van der Waals surface area contributed by atoms with Crippen molar-refractivity contribution in [3.8, 4) is 5.69 Å². The molecular weight excluding hydrogens is 432 g/mol. The molecule has 2 saturated carbocycles. The molecule has 0 N–H and O–H groups in total. The number of carbonyl (C=O) groups excluding carboxylic acids is 2. The molecule has 1 aromatic heterocycles. The molecule has 35 heavy (non-hydrogen) atoms. The Bertz CT molecular complexity index is 1250. The van der Waals surface area contributed by atoms with E-state index in [1.165, 1.54) is 16.7 Å². The van der Waals surface area contributed by atoms with Gasteiger partial charge in [-0.2, -0.15) is 0 Å². The summed E-state index contributed by atoms with van der Waals surface area (Å²) in [6.07, 6.45) is 15.1. The SMILES string of the molecule is C=C[C@@H]1CC2C3CCC4=CC(=O)CCC4=C3[C@@H](c3ccc(-n4ccnc4)cc3)C[C@]2(C)C1C(C)=O. The fraction of sp³-hybridized carbons (Fsp3) is 0.452. The molecule has 0 amide bonds. The highest BCUT2D eigenvalue weighted by Gasteiger charge is 2.60. The zero-order chi connectivity index (χ0) is 24.3. The minimum absolute atomic E-state index is 0.0362. The molecule has 2 aromatic rings. The largest absolute Gasteiger partial charge is 0.306 e. The summed E-state index contributed by atoms with van der Waals surface area (Å²) in [5, 5.41) is 0. The zero-order valence-corrected chi connectivity index (χ0v) is 20.7. The third kappa shape index (κ3) is 3.44. The smallest absolute Gasteiger partial charge is 0.156 e. The Morgan fingerprint density at radius 1 is 1.20 bits per heavy atom. The van der Waals surface area contributed by atoms with Crippen molar-refractivity contribution in [2.45, 2.75) is 58.3 Å². The average molecular weight is 467 g/mol. The molecule has 1 heterocycles. The number of hydrogen-bond acceptors (Lipinski definition) is 3. The third-order valence-electron chi connectivity index (χ3n) is 9.67. The Labute approximate surface area is 207 Å². The summed E-state index contributed by atoms with van der Waals surface area (Å²) in [6.45, 7) is 8.31. The monoisotopic (exact) mass is 466 g/mol. The number of allylic oxidation sites excluding steroid dienone is 5. The Morgan fingerprint density at radius 3 is 2.69 bits per heavy atom. The summed E-state index contributed by atoms with van der Waals surface area (Å²) in [7, 11) is 0. The van der Waals surface area contributed by atoms with Gasteiger partial charge in [-0.05, 0) is 97.1 Å². The van der Waals surface area contributed by atoms with Crippen molar-refractivity contribution in [1.82, 2.24) is 9.55 Å². The van der Waals surface area contributed by atoms with Crippen molar-refractivity contribution < 1.29 is 9.59 Å². The van der Waals surface area contributed by atoms with Crippen molar-refractivity contribution in [2.75, 3.05) is 0 Å². The van der Waals surface area contributed by atoms with Crippen LogP contribution in [0.25, 0.3) is 5.69 Å². The van der Waals surface area contributed by atoms with Crippen LogP contribution in [-0.2, 0) is 9.59 Å². The number of rotatable bonds is 4. The standard InChI is InChI=1S/C31H34N2O2/c1-4-20-16-28-26-11-7-22-15-24(35)10-12-25(22)29(26)27(17-31(28,3)30(20)19(2)34)21-5-8-23(9-6-21)33-14-13-32-18-33/h4-6,8-9,13-15,18,20,26-28,30H,1,7,10-12,16-17H2,2-3H3/t20-,26?,27-,28?,30?,31+/m1/s1. The van der Waals surface area contributed by atoms with Gasteiger partial charge in [0.2, 0.25) is 0 Å². The molecule has 0 aliphatic heterocycles. The van der Waals surface area contributed by atoms with Crippen LogP contribution >= 0.6 is 0 Å². The van der Waals surface area contributed by atoms with E-state index in [9.17, 15) is 9.59 Å². The summed E-state index contributed by atoms with van der Waals surface area (Å²) >= 11 is 0. The van der Waals surface area contributed by atoms with Gasteiger partial charge in [0, 0.05) is 36.3 Å². The number of nitrogens with zero attached hydrogens (tertiary/aromatic N) is 2. The van der Waals surface area contributed by atoms with Crippen LogP contribution in [0.1, 0.15) is 63.9 Å². The van der Waals surface area contributed by atoms with Crippen LogP contribution in [0.5, 0.6) is 0 Å². The third-order valence-corrected chi connectivity index (χ3v) is 9.67. The summed E-state index contributed by atoms with van der Waals surface area (Å²) in [5.74, 6) is 2.10. The Balaban J connectivity index is 1.49. The average Bonchev–Trinajstić information content (AvgIpc) is 3.49. The van der Waals surface area contributed by atoms with Crippen LogP contribution in [0.15, 0.2) is 78.4 Å². The minimum atomic E-state index is -0.0429. The quantitative estimate of drug-likeness (QED) is 0.491. The van der Waals surface area contributed by atoms with E-state index in [-0.39, 0.29) is 29.0 Å². The number of hydrogen-bond donors (Lipinski definition) is 0. The van der Waals surface area contributed by atoms with E-state index in [0.717, 1.165) is 37.8 Å². The highest BCUT2D eigenvalue weighted by Crippen LogP contribution is 2.67. The molecule has 180 valence electrons. The van der Waals surface area contributed by atoms with Crippen molar-refractivity contribution in [1.29, 1.82) is 0 Å². The van der Waals surface area contributed by atoms with E-state index in [1.54, 1.807) is 18.7 Å².